The molecule has 1 aromatic rings. The molecule has 0 fully saturated rings. The van der Waals surface area contributed by atoms with E-state index in [-0.39, 0.29) is 10.8 Å². The monoisotopic (exact) mass is 233 g/mol. The molecular weight excluding hydrogens is 221 g/mol. The Morgan fingerprint density at radius 1 is 1.60 bits per heavy atom. The molecule has 0 radical (unpaired) electrons. The first-order valence-corrected chi connectivity index (χ1v) is 4.88. The van der Waals surface area contributed by atoms with Crippen molar-refractivity contribution in [2.24, 2.45) is 0 Å². The molecule has 1 rings (SSSR count). The number of hydrogen-bond acceptors (Lipinski definition) is 3. The first-order chi connectivity index (χ1) is 7.11. The van der Waals surface area contributed by atoms with Crippen LogP contribution in [-0.4, -0.2) is 25.8 Å². The van der Waals surface area contributed by atoms with E-state index in [0.717, 1.165) is 0 Å². The minimum Gasteiger partial charge on any atom is -0.505 e. The van der Waals surface area contributed by atoms with Crippen LogP contribution in [0.4, 0.5) is 4.39 Å². The Morgan fingerprint density at radius 3 is 2.80 bits per heavy atom. The van der Waals surface area contributed by atoms with Gasteiger partial charge >= 0.3 is 0 Å². The number of phenols is 1. The summed E-state index contributed by atoms with van der Waals surface area (Å²) in [6, 6.07) is 1.51. The number of halogens is 2. The Hall–Kier alpha value is -1.00. The zero-order chi connectivity index (χ0) is 11.4. The molecule has 0 spiro atoms. The maximum atomic E-state index is 13.5. The van der Waals surface area contributed by atoms with Gasteiger partial charge in [0.1, 0.15) is 0 Å². The van der Waals surface area contributed by atoms with Gasteiger partial charge in [-0.15, -0.1) is 0 Å². The van der Waals surface area contributed by atoms with Crippen LogP contribution in [0.15, 0.2) is 6.07 Å². The van der Waals surface area contributed by atoms with Crippen molar-refractivity contribution >= 4 is 11.6 Å². The maximum Gasteiger partial charge on any atom is 0.208 e. The zero-order valence-corrected chi connectivity index (χ0v) is 9.36. The van der Waals surface area contributed by atoms with Crippen molar-refractivity contribution in [3.8, 4) is 11.5 Å². The maximum absolute atomic E-state index is 13.5. The molecule has 0 aromatic heterocycles. The summed E-state index contributed by atoms with van der Waals surface area (Å²) in [5.74, 6) is -1.33. The second-order valence-electron chi connectivity index (χ2n) is 3.07. The molecule has 0 atom stereocenters. The molecule has 2 N–H and O–H groups in total. The quantitative estimate of drug-likeness (QED) is 0.835. The van der Waals surface area contributed by atoms with Crippen LogP contribution in [0.2, 0.25) is 5.02 Å². The first kappa shape index (κ1) is 12.1. The van der Waals surface area contributed by atoms with Gasteiger partial charge in [0.2, 0.25) is 5.82 Å². The van der Waals surface area contributed by atoms with Crippen LogP contribution >= 0.6 is 11.6 Å². The van der Waals surface area contributed by atoms with Gasteiger partial charge < -0.3 is 15.2 Å². The number of nitrogens with one attached hydrogen (secondary N) is 1. The summed E-state index contributed by atoms with van der Waals surface area (Å²) < 4.78 is 18.2. The summed E-state index contributed by atoms with van der Waals surface area (Å²) in [5.41, 5.74) is 0.465. The Morgan fingerprint density at radius 2 is 2.27 bits per heavy atom. The smallest absolute Gasteiger partial charge is 0.208 e. The molecule has 84 valence electrons. The predicted molar refractivity (Wildman–Crippen MR) is 57.3 cm³/mol. The molecule has 1 aromatic carbocycles. The number of ether oxygens (including phenoxy) is 1. The third-order valence-corrected chi connectivity index (χ3v) is 2.36. The number of aromatic hydroxyl groups is 1. The van der Waals surface area contributed by atoms with E-state index in [2.05, 4.69) is 5.32 Å². The van der Waals surface area contributed by atoms with Crippen LogP contribution in [0.1, 0.15) is 5.56 Å². The molecule has 0 heterocycles. The highest BCUT2D eigenvalue weighted by Gasteiger charge is 2.16. The third-order valence-electron chi connectivity index (χ3n) is 2.08. The van der Waals surface area contributed by atoms with Crippen LogP contribution in [0.25, 0.3) is 0 Å². The molecule has 5 heteroatoms. The van der Waals surface area contributed by atoms with Crippen LogP contribution in [0.5, 0.6) is 11.5 Å². The fourth-order valence-corrected chi connectivity index (χ4v) is 1.57. The number of likely N-dealkylation sites (N-methyl/N-ethyl adjacent to an activating group) is 1. The lowest BCUT2D eigenvalue weighted by atomic mass is 10.1. The van der Waals surface area contributed by atoms with E-state index >= 15 is 0 Å². The Balaban J connectivity index is 3.10. The van der Waals surface area contributed by atoms with Gasteiger partial charge in [-0.3, -0.25) is 0 Å². The average Bonchev–Trinajstić information content (AvgIpc) is 2.22. The highest BCUT2D eigenvalue weighted by Crippen LogP contribution is 2.36. The molecule has 0 aliphatic carbocycles. The second-order valence-corrected chi connectivity index (χ2v) is 3.47. The number of benzene rings is 1. The van der Waals surface area contributed by atoms with Crippen LogP contribution in [0.3, 0.4) is 0 Å². The fraction of sp³-hybridized carbons (Fsp3) is 0.400. The largest absolute Gasteiger partial charge is 0.505 e. The topological polar surface area (TPSA) is 41.5 Å². The van der Waals surface area contributed by atoms with E-state index in [1.165, 1.54) is 13.2 Å². The van der Waals surface area contributed by atoms with Crippen molar-refractivity contribution in [1.82, 2.24) is 5.32 Å². The summed E-state index contributed by atoms with van der Waals surface area (Å²) in [6.45, 7) is 0.635. The number of methoxy groups -OCH3 is 1. The third kappa shape index (κ3) is 2.52. The normalized spacial score (nSPS) is 10.4. The Kier molecular flexibility index (Phi) is 4.17. The molecule has 0 saturated carbocycles. The van der Waals surface area contributed by atoms with Gasteiger partial charge in [-0.25, -0.2) is 0 Å². The van der Waals surface area contributed by atoms with E-state index in [4.69, 9.17) is 16.3 Å². The van der Waals surface area contributed by atoms with Crippen molar-refractivity contribution in [1.29, 1.82) is 0 Å². The van der Waals surface area contributed by atoms with Crippen LogP contribution in [-0.2, 0) is 6.42 Å². The second kappa shape index (κ2) is 5.19. The average molecular weight is 234 g/mol. The molecule has 0 aliphatic heterocycles. The van der Waals surface area contributed by atoms with Crippen molar-refractivity contribution < 1.29 is 14.2 Å². The van der Waals surface area contributed by atoms with E-state index in [1.807, 2.05) is 0 Å². The lowest BCUT2D eigenvalue weighted by Crippen LogP contribution is -2.10. The lowest BCUT2D eigenvalue weighted by Gasteiger charge is -2.10. The fourth-order valence-electron chi connectivity index (χ4n) is 1.28. The molecule has 0 amide bonds. The molecule has 15 heavy (non-hydrogen) atoms. The zero-order valence-electron chi connectivity index (χ0n) is 8.60. The van der Waals surface area contributed by atoms with Gasteiger partial charge in [0.15, 0.2) is 11.5 Å². The van der Waals surface area contributed by atoms with Gasteiger partial charge in [-0.2, -0.15) is 4.39 Å². The summed E-state index contributed by atoms with van der Waals surface area (Å²) in [4.78, 5) is 0. The van der Waals surface area contributed by atoms with Gasteiger partial charge in [0, 0.05) is 0 Å². The SMILES string of the molecule is CNCCc1cc(Cl)c(OC)c(F)c1O. The number of rotatable bonds is 4. The summed E-state index contributed by atoms with van der Waals surface area (Å²) in [7, 11) is 3.08. The van der Waals surface area contributed by atoms with Crippen molar-refractivity contribution in [3.63, 3.8) is 0 Å². The predicted octanol–water partition coefficient (Wildman–Crippen LogP) is 1.96. The van der Waals surface area contributed by atoms with E-state index in [0.29, 0.717) is 18.5 Å². The molecule has 0 saturated heterocycles. The molecule has 0 unspecified atom stereocenters. The highest BCUT2D eigenvalue weighted by atomic mass is 35.5. The summed E-state index contributed by atoms with van der Waals surface area (Å²) in [5, 5.41) is 12.6. The van der Waals surface area contributed by atoms with Crippen molar-refractivity contribution in [3.05, 3.63) is 22.5 Å². The lowest BCUT2D eigenvalue weighted by molar-refractivity contribution is 0.362. The standard InChI is InChI=1S/C10H13ClFNO2/c1-13-4-3-6-5-7(11)10(15-2)8(12)9(6)14/h5,13-14H,3-4H2,1-2H3. The minimum absolute atomic E-state index is 0.123. The van der Waals surface area contributed by atoms with Gasteiger partial charge in [-0.1, -0.05) is 11.6 Å². The molecule has 0 aliphatic rings. The van der Waals surface area contributed by atoms with E-state index in [9.17, 15) is 9.50 Å². The van der Waals surface area contributed by atoms with Crippen molar-refractivity contribution in [2.45, 2.75) is 6.42 Å². The Labute approximate surface area is 92.8 Å². The highest BCUT2D eigenvalue weighted by molar-refractivity contribution is 6.32. The van der Waals surface area contributed by atoms with Crippen LogP contribution < -0.4 is 10.1 Å². The Bertz CT molecular complexity index is 358. The van der Waals surface area contributed by atoms with E-state index < -0.39 is 11.6 Å². The summed E-state index contributed by atoms with van der Waals surface area (Å²) in [6.07, 6.45) is 0.503. The molecule has 3 nitrogen and oxygen atoms in total. The first-order valence-electron chi connectivity index (χ1n) is 4.50. The number of phenolic OH excluding ortho intramolecular Hbond substituents is 1. The van der Waals surface area contributed by atoms with Crippen LogP contribution in [0, 0.1) is 5.82 Å². The van der Waals surface area contributed by atoms with Crippen molar-refractivity contribution in [2.75, 3.05) is 20.7 Å². The number of hydrogen-bond donors (Lipinski definition) is 2. The van der Waals surface area contributed by atoms with Gasteiger partial charge in [0.25, 0.3) is 0 Å². The summed E-state index contributed by atoms with van der Waals surface area (Å²) >= 11 is 5.79. The van der Waals surface area contributed by atoms with Gasteiger partial charge in [-0.05, 0) is 31.6 Å². The molecular formula is C10H13ClFNO2. The molecule has 0 bridgehead atoms. The van der Waals surface area contributed by atoms with Gasteiger partial charge in [0.05, 0.1) is 12.1 Å². The van der Waals surface area contributed by atoms with E-state index in [1.54, 1.807) is 7.05 Å². The minimum atomic E-state index is -0.809.